The van der Waals surface area contributed by atoms with E-state index in [9.17, 15) is 19.8 Å². The maximum absolute atomic E-state index is 12.1. The first kappa shape index (κ1) is 14.3. The largest absolute Gasteiger partial charge is 0.477 e. The van der Waals surface area contributed by atoms with Gasteiger partial charge in [0.15, 0.2) is 0 Å². The van der Waals surface area contributed by atoms with Crippen LogP contribution in [-0.4, -0.2) is 39.1 Å². The molecule has 2 N–H and O–H groups in total. The maximum atomic E-state index is 12.1. The molecule has 2 heterocycles. The standard InChI is InChI=1S/C16H14N2O4/c1-8(19)13-12-6-11(10-4-2-3-9(5-10)7-17)14(16(21)22)18(12)15(13)20/h2-5,8,12-13,19H,6H2,1H3,(H,21,22)/t8-,12-,13-/m1/s1. The second-order valence-electron chi connectivity index (χ2n) is 5.57. The van der Waals surface area contributed by atoms with Gasteiger partial charge in [-0.05, 0) is 36.6 Å². The fourth-order valence-corrected chi connectivity index (χ4v) is 3.30. The lowest BCUT2D eigenvalue weighted by Crippen LogP contribution is -2.61. The van der Waals surface area contributed by atoms with Gasteiger partial charge in [-0.2, -0.15) is 5.26 Å². The molecule has 3 atom stereocenters. The number of carboxylic acid groups (broad SMARTS) is 1. The van der Waals surface area contributed by atoms with Crippen molar-refractivity contribution in [3.63, 3.8) is 0 Å². The first-order chi connectivity index (χ1) is 10.5. The normalized spacial score (nSPS) is 24.6. The number of aliphatic hydroxyl groups is 1. The highest BCUT2D eigenvalue weighted by Gasteiger charge is 2.56. The summed E-state index contributed by atoms with van der Waals surface area (Å²) in [4.78, 5) is 24.9. The van der Waals surface area contributed by atoms with Crippen LogP contribution in [0.4, 0.5) is 0 Å². The molecule has 3 rings (SSSR count). The number of carbonyl (C=O) groups is 2. The first-order valence-corrected chi connectivity index (χ1v) is 6.93. The number of carboxylic acids is 1. The van der Waals surface area contributed by atoms with Crippen molar-refractivity contribution in [3.8, 4) is 6.07 Å². The second kappa shape index (κ2) is 4.97. The highest BCUT2D eigenvalue weighted by molar-refractivity contribution is 6.06. The van der Waals surface area contributed by atoms with Crippen LogP contribution in [0.15, 0.2) is 30.0 Å². The molecular weight excluding hydrogens is 284 g/mol. The van der Waals surface area contributed by atoms with Crippen molar-refractivity contribution in [1.29, 1.82) is 5.26 Å². The summed E-state index contributed by atoms with van der Waals surface area (Å²) in [6, 6.07) is 8.37. The van der Waals surface area contributed by atoms with Crippen LogP contribution < -0.4 is 0 Å². The Bertz CT molecular complexity index is 745. The van der Waals surface area contributed by atoms with Gasteiger partial charge in [-0.15, -0.1) is 0 Å². The van der Waals surface area contributed by atoms with Gasteiger partial charge in [0.1, 0.15) is 5.70 Å². The molecule has 112 valence electrons. The van der Waals surface area contributed by atoms with E-state index in [0.29, 0.717) is 23.1 Å². The molecule has 1 aromatic carbocycles. The van der Waals surface area contributed by atoms with Crippen molar-refractivity contribution in [2.24, 2.45) is 5.92 Å². The van der Waals surface area contributed by atoms with Crippen LogP contribution in [0.3, 0.4) is 0 Å². The zero-order chi connectivity index (χ0) is 16.0. The van der Waals surface area contributed by atoms with Gasteiger partial charge < -0.3 is 15.1 Å². The number of aliphatic hydroxyl groups excluding tert-OH is 1. The maximum Gasteiger partial charge on any atom is 0.352 e. The van der Waals surface area contributed by atoms with Crippen molar-refractivity contribution in [2.45, 2.75) is 25.5 Å². The zero-order valence-corrected chi connectivity index (χ0v) is 11.9. The monoisotopic (exact) mass is 298 g/mol. The molecule has 2 aliphatic rings. The fourth-order valence-electron chi connectivity index (χ4n) is 3.30. The summed E-state index contributed by atoms with van der Waals surface area (Å²) in [7, 11) is 0. The van der Waals surface area contributed by atoms with Gasteiger partial charge in [0.05, 0.1) is 29.7 Å². The van der Waals surface area contributed by atoms with E-state index in [1.54, 1.807) is 24.3 Å². The predicted molar refractivity (Wildman–Crippen MR) is 76.1 cm³/mol. The molecule has 0 unspecified atom stereocenters. The van der Waals surface area contributed by atoms with Crippen molar-refractivity contribution >= 4 is 17.4 Å². The minimum Gasteiger partial charge on any atom is -0.477 e. The van der Waals surface area contributed by atoms with Crippen molar-refractivity contribution in [2.75, 3.05) is 0 Å². The number of nitrogens with zero attached hydrogens (tertiary/aromatic N) is 2. The summed E-state index contributed by atoms with van der Waals surface area (Å²) >= 11 is 0. The van der Waals surface area contributed by atoms with Crippen LogP contribution in [0.5, 0.6) is 0 Å². The molecule has 1 saturated heterocycles. The number of hydrogen-bond acceptors (Lipinski definition) is 4. The Morgan fingerprint density at radius 1 is 1.50 bits per heavy atom. The average Bonchev–Trinajstić information content (AvgIpc) is 2.82. The molecule has 0 bridgehead atoms. The Morgan fingerprint density at radius 3 is 2.82 bits per heavy atom. The van der Waals surface area contributed by atoms with Crippen molar-refractivity contribution < 1.29 is 19.8 Å². The Balaban J connectivity index is 2.06. The molecule has 1 fully saturated rings. The van der Waals surface area contributed by atoms with Gasteiger partial charge in [0.25, 0.3) is 0 Å². The third kappa shape index (κ3) is 1.90. The van der Waals surface area contributed by atoms with E-state index >= 15 is 0 Å². The van der Waals surface area contributed by atoms with Crippen molar-refractivity contribution in [3.05, 3.63) is 41.1 Å². The number of nitriles is 1. The molecule has 2 aliphatic heterocycles. The lowest BCUT2D eigenvalue weighted by Gasteiger charge is -2.44. The molecule has 1 aromatic rings. The highest BCUT2D eigenvalue weighted by atomic mass is 16.4. The summed E-state index contributed by atoms with van der Waals surface area (Å²) in [6.07, 6.45) is -0.439. The topological polar surface area (TPSA) is 102 Å². The summed E-state index contributed by atoms with van der Waals surface area (Å²) in [5.41, 5.74) is 1.55. The van der Waals surface area contributed by atoms with E-state index in [4.69, 9.17) is 5.26 Å². The molecule has 6 heteroatoms. The van der Waals surface area contributed by atoms with Gasteiger partial charge >= 0.3 is 5.97 Å². The van der Waals surface area contributed by atoms with E-state index in [2.05, 4.69) is 0 Å². The molecule has 22 heavy (non-hydrogen) atoms. The number of fused-ring (bicyclic) bond motifs is 1. The fraction of sp³-hybridized carbons (Fsp3) is 0.312. The molecular formula is C16H14N2O4. The van der Waals surface area contributed by atoms with E-state index < -0.39 is 18.0 Å². The first-order valence-electron chi connectivity index (χ1n) is 6.93. The van der Waals surface area contributed by atoms with E-state index in [0.717, 1.165) is 0 Å². The quantitative estimate of drug-likeness (QED) is 0.809. The molecule has 0 spiro atoms. The Kier molecular flexibility index (Phi) is 3.23. The van der Waals surface area contributed by atoms with Crippen LogP contribution in [0, 0.1) is 17.2 Å². The van der Waals surface area contributed by atoms with Crippen LogP contribution in [0.25, 0.3) is 5.57 Å². The van der Waals surface area contributed by atoms with Gasteiger partial charge in [-0.3, -0.25) is 4.79 Å². The number of amides is 1. The number of rotatable bonds is 3. The molecule has 6 nitrogen and oxygen atoms in total. The van der Waals surface area contributed by atoms with Gasteiger partial charge in [-0.25, -0.2) is 4.79 Å². The minimum absolute atomic E-state index is 0.0398. The van der Waals surface area contributed by atoms with E-state index in [1.807, 2.05) is 6.07 Å². The summed E-state index contributed by atoms with van der Waals surface area (Å²) < 4.78 is 0. The Hall–Kier alpha value is -2.65. The molecule has 0 radical (unpaired) electrons. The van der Waals surface area contributed by atoms with Crippen molar-refractivity contribution in [1.82, 2.24) is 4.90 Å². The van der Waals surface area contributed by atoms with Gasteiger partial charge in [-0.1, -0.05) is 12.1 Å². The summed E-state index contributed by atoms with van der Waals surface area (Å²) in [6.45, 7) is 1.54. The SMILES string of the molecule is C[C@@H](O)[C@H]1C(=O)N2C(C(=O)O)=C(c3cccc(C#N)c3)C[C@H]12. The van der Waals surface area contributed by atoms with Gasteiger partial charge in [0.2, 0.25) is 5.91 Å². The lowest BCUT2D eigenvalue weighted by molar-refractivity contribution is -0.161. The Morgan fingerprint density at radius 2 is 2.23 bits per heavy atom. The predicted octanol–water partition coefficient (Wildman–Crippen LogP) is 0.965. The minimum atomic E-state index is -1.17. The highest BCUT2D eigenvalue weighted by Crippen LogP contribution is 2.46. The van der Waals surface area contributed by atoms with Crippen LogP contribution in [0.1, 0.15) is 24.5 Å². The lowest BCUT2D eigenvalue weighted by atomic mass is 9.82. The molecule has 0 aliphatic carbocycles. The van der Waals surface area contributed by atoms with Crippen LogP contribution in [-0.2, 0) is 9.59 Å². The number of β-lactam (4-membered cyclic amide) rings is 1. The summed E-state index contributed by atoms with van der Waals surface area (Å²) in [5.74, 6) is -2.09. The van der Waals surface area contributed by atoms with Gasteiger partial charge in [0, 0.05) is 0 Å². The smallest absolute Gasteiger partial charge is 0.352 e. The number of benzene rings is 1. The van der Waals surface area contributed by atoms with E-state index in [-0.39, 0.29) is 17.6 Å². The molecule has 1 amide bonds. The third-order valence-corrected chi connectivity index (χ3v) is 4.27. The van der Waals surface area contributed by atoms with Crippen LogP contribution >= 0.6 is 0 Å². The average molecular weight is 298 g/mol. The molecule has 0 aromatic heterocycles. The number of aliphatic carboxylic acids is 1. The number of hydrogen-bond donors (Lipinski definition) is 2. The van der Waals surface area contributed by atoms with E-state index in [1.165, 1.54) is 11.8 Å². The van der Waals surface area contributed by atoms with Crippen LogP contribution in [0.2, 0.25) is 0 Å². The zero-order valence-electron chi connectivity index (χ0n) is 11.9. The Labute approximate surface area is 126 Å². The number of carbonyl (C=O) groups excluding carboxylic acids is 1. The third-order valence-electron chi connectivity index (χ3n) is 4.27. The summed E-state index contributed by atoms with van der Waals surface area (Å²) in [5, 5.41) is 28.1. The molecule has 0 saturated carbocycles. The second-order valence-corrected chi connectivity index (χ2v) is 5.57.